The molecule has 2 aromatic rings. The number of fused-ring (bicyclic) bond motifs is 3. The molecular weight excluding hydrogens is 639 g/mol. The third-order valence-electron chi connectivity index (χ3n) is 8.58. The number of nitrogens with zero attached hydrogens (tertiary/aromatic N) is 1. The van der Waals surface area contributed by atoms with Crippen molar-refractivity contribution >= 4 is 37.2 Å². The molecule has 6 nitrogen and oxygen atoms in total. The highest BCUT2D eigenvalue weighted by molar-refractivity contribution is 7.92. The molecule has 0 N–H and O–H groups in total. The van der Waals surface area contributed by atoms with Crippen LogP contribution in [0.15, 0.2) is 47.4 Å². The van der Waals surface area contributed by atoms with Gasteiger partial charge >= 0.3 is 18.0 Å². The number of hydrogen-bond acceptors (Lipinski definition) is 5. The van der Waals surface area contributed by atoms with Crippen LogP contribution in [0.3, 0.4) is 0 Å². The van der Waals surface area contributed by atoms with Crippen molar-refractivity contribution in [3.63, 3.8) is 0 Å². The van der Waals surface area contributed by atoms with Gasteiger partial charge in [-0.1, -0.05) is 29.8 Å². The summed E-state index contributed by atoms with van der Waals surface area (Å²) in [5.74, 6) is -1.84. The molecule has 1 amide bonds. The molecule has 2 aliphatic heterocycles. The molecule has 2 saturated heterocycles. The number of alkyl halides is 7. The Bertz CT molecular complexity index is 1610. The molecule has 2 unspecified atom stereocenters. The zero-order valence-electron chi connectivity index (χ0n) is 21.5. The zero-order valence-corrected chi connectivity index (χ0v) is 23.9. The van der Waals surface area contributed by atoms with Crippen LogP contribution < -0.4 is 0 Å². The third kappa shape index (κ3) is 4.52. The molecule has 16 heteroatoms. The second-order valence-electron chi connectivity index (χ2n) is 10.8. The number of benzene rings is 2. The van der Waals surface area contributed by atoms with Crippen LogP contribution in [0.1, 0.15) is 36.0 Å². The van der Waals surface area contributed by atoms with Gasteiger partial charge in [0.1, 0.15) is 14.6 Å². The lowest BCUT2D eigenvalue weighted by molar-refractivity contribution is -0.348. The average molecular weight is 662 g/mol. The SMILES string of the molecule is O=C(C1CCS(=O)(=O)CC1)N1CCC2(S(=O)(=O)c3ccc(Cl)cc3)c3ccc(C(F)(C(F)(F)F)C(F)(F)F)cc3CC12. The van der Waals surface area contributed by atoms with Crippen LogP contribution in [0.25, 0.3) is 0 Å². The molecular formula is C26H23ClF7NO5S2. The molecule has 0 bridgehead atoms. The molecule has 2 fully saturated rings. The molecule has 0 aromatic heterocycles. The van der Waals surface area contributed by atoms with Crippen LogP contribution in [0.5, 0.6) is 0 Å². The lowest BCUT2D eigenvalue weighted by atomic mass is 9.90. The van der Waals surface area contributed by atoms with Crippen LogP contribution >= 0.6 is 11.6 Å². The van der Waals surface area contributed by atoms with Gasteiger partial charge in [0, 0.05) is 23.0 Å². The lowest BCUT2D eigenvalue weighted by Crippen LogP contribution is -2.50. The zero-order chi connectivity index (χ0) is 31.1. The summed E-state index contributed by atoms with van der Waals surface area (Å²) in [6, 6.07) is 5.18. The highest BCUT2D eigenvalue weighted by atomic mass is 35.5. The standard InChI is InChI=1S/C26H23ClF7NO5S2/c27-18-2-4-19(5-3-18)42(39,40)23-9-10-35(22(36)15-7-11-41(37,38)12-8-15)21(23)14-16-13-17(1-6-20(16)23)24(28,25(29,30)31)26(32,33)34/h1-6,13,15,21H,7-12,14H2. The van der Waals surface area contributed by atoms with Gasteiger partial charge in [0.15, 0.2) is 9.84 Å². The van der Waals surface area contributed by atoms with E-state index in [0.29, 0.717) is 6.07 Å². The first-order valence-corrected chi connectivity index (χ1v) is 16.4. The van der Waals surface area contributed by atoms with Gasteiger partial charge in [-0.3, -0.25) is 4.79 Å². The van der Waals surface area contributed by atoms with Crippen LogP contribution in [-0.4, -0.2) is 64.1 Å². The number of likely N-dealkylation sites (tertiary alicyclic amines) is 1. The number of amides is 1. The van der Waals surface area contributed by atoms with Gasteiger partial charge in [-0.05, 0) is 61.1 Å². The van der Waals surface area contributed by atoms with Gasteiger partial charge in [-0.25, -0.2) is 21.2 Å². The number of carbonyl (C=O) groups excluding carboxylic acids is 1. The molecule has 5 rings (SSSR count). The summed E-state index contributed by atoms with van der Waals surface area (Å²) in [4.78, 5) is 14.6. The highest BCUT2D eigenvalue weighted by Gasteiger charge is 2.74. The van der Waals surface area contributed by atoms with E-state index < -0.39 is 72.3 Å². The van der Waals surface area contributed by atoms with Crippen molar-refractivity contribution < 1.29 is 52.4 Å². The second-order valence-corrected chi connectivity index (χ2v) is 15.7. The maximum atomic E-state index is 14.9. The molecule has 1 aliphatic carbocycles. The Morgan fingerprint density at radius 3 is 2.05 bits per heavy atom. The number of halogens is 8. The fourth-order valence-electron chi connectivity index (χ4n) is 6.45. The first-order valence-electron chi connectivity index (χ1n) is 12.7. The number of sulfone groups is 2. The molecule has 0 radical (unpaired) electrons. The summed E-state index contributed by atoms with van der Waals surface area (Å²) in [7, 11) is -7.82. The molecule has 0 spiro atoms. The van der Waals surface area contributed by atoms with Crippen molar-refractivity contribution in [1.82, 2.24) is 4.90 Å². The van der Waals surface area contributed by atoms with E-state index in [4.69, 9.17) is 11.6 Å². The van der Waals surface area contributed by atoms with E-state index in [1.54, 1.807) is 0 Å². The van der Waals surface area contributed by atoms with E-state index in [0.717, 1.165) is 6.07 Å². The molecule has 2 atom stereocenters. The van der Waals surface area contributed by atoms with Crippen molar-refractivity contribution in [2.45, 2.75) is 59.4 Å². The average Bonchev–Trinajstić information content (AvgIpc) is 3.42. The second kappa shape index (κ2) is 9.81. The summed E-state index contributed by atoms with van der Waals surface area (Å²) < 4.78 is 146. The Morgan fingerprint density at radius 1 is 0.929 bits per heavy atom. The van der Waals surface area contributed by atoms with E-state index in [1.807, 2.05) is 0 Å². The summed E-state index contributed by atoms with van der Waals surface area (Å²) >= 11 is 5.91. The van der Waals surface area contributed by atoms with Crippen molar-refractivity contribution in [3.05, 3.63) is 64.2 Å². The summed E-state index contributed by atoms with van der Waals surface area (Å²) in [6.45, 7) is -0.112. The Hall–Kier alpha value is -2.39. The van der Waals surface area contributed by atoms with Gasteiger partial charge in [0.2, 0.25) is 5.91 Å². The summed E-state index contributed by atoms with van der Waals surface area (Å²) in [5, 5.41) is 0.202. The predicted octanol–water partition coefficient (Wildman–Crippen LogP) is 5.28. The monoisotopic (exact) mass is 661 g/mol. The third-order valence-corrected chi connectivity index (χ3v) is 13.1. The van der Waals surface area contributed by atoms with Gasteiger partial charge in [0.25, 0.3) is 0 Å². The van der Waals surface area contributed by atoms with Gasteiger partial charge in [0.05, 0.1) is 22.4 Å². The van der Waals surface area contributed by atoms with E-state index in [1.165, 1.54) is 29.2 Å². The normalized spacial score (nSPS) is 24.9. The Balaban J connectivity index is 1.65. The van der Waals surface area contributed by atoms with Gasteiger partial charge in [-0.15, -0.1) is 0 Å². The Labute approximate surface area is 241 Å². The van der Waals surface area contributed by atoms with Crippen LogP contribution in [0.4, 0.5) is 30.7 Å². The molecule has 2 heterocycles. The predicted molar refractivity (Wildman–Crippen MR) is 137 cm³/mol. The number of carbonyl (C=O) groups is 1. The van der Waals surface area contributed by atoms with Gasteiger partial charge < -0.3 is 4.90 Å². The van der Waals surface area contributed by atoms with Crippen LogP contribution in [0, 0.1) is 5.92 Å². The topological polar surface area (TPSA) is 88.6 Å². The smallest absolute Gasteiger partial charge is 0.337 e. The largest absolute Gasteiger partial charge is 0.435 e. The maximum Gasteiger partial charge on any atom is 0.435 e. The highest BCUT2D eigenvalue weighted by Crippen LogP contribution is 2.57. The molecule has 230 valence electrons. The molecule has 42 heavy (non-hydrogen) atoms. The minimum Gasteiger partial charge on any atom is -0.337 e. The fourth-order valence-corrected chi connectivity index (χ4v) is 10.4. The van der Waals surface area contributed by atoms with E-state index >= 15 is 0 Å². The van der Waals surface area contributed by atoms with E-state index in [2.05, 4.69) is 0 Å². The minimum atomic E-state index is -6.37. The summed E-state index contributed by atoms with van der Waals surface area (Å²) in [5.41, 5.74) is -7.87. The summed E-state index contributed by atoms with van der Waals surface area (Å²) in [6.07, 6.45) is -13.5. The molecule has 3 aliphatic rings. The van der Waals surface area contributed by atoms with E-state index in [-0.39, 0.29) is 64.4 Å². The van der Waals surface area contributed by atoms with Crippen molar-refractivity contribution in [2.24, 2.45) is 5.92 Å². The number of rotatable bonds is 4. The Morgan fingerprint density at radius 2 is 1.50 bits per heavy atom. The Kier molecular flexibility index (Phi) is 7.25. The number of hydrogen-bond donors (Lipinski definition) is 0. The van der Waals surface area contributed by atoms with Crippen molar-refractivity contribution in [2.75, 3.05) is 18.1 Å². The quantitative estimate of drug-likeness (QED) is 0.416. The molecule has 0 saturated carbocycles. The van der Waals surface area contributed by atoms with E-state index in [9.17, 15) is 52.4 Å². The van der Waals surface area contributed by atoms with Crippen molar-refractivity contribution in [1.29, 1.82) is 0 Å². The minimum absolute atomic E-state index is 0.0139. The lowest BCUT2D eigenvalue weighted by Gasteiger charge is -2.35. The van der Waals surface area contributed by atoms with Crippen molar-refractivity contribution in [3.8, 4) is 0 Å². The maximum absolute atomic E-state index is 14.9. The fraction of sp³-hybridized carbons (Fsp3) is 0.500. The first kappa shape index (κ1) is 31.0. The van der Waals surface area contributed by atoms with Crippen LogP contribution in [-0.2, 0) is 41.3 Å². The first-order chi connectivity index (χ1) is 19.3. The molecule has 2 aromatic carbocycles. The van der Waals surface area contributed by atoms with Crippen LogP contribution in [0.2, 0.25) is 5.02 Å². The van der Waals surface area contributed by atoms with Gasteiger partial charge in [-0.2, -0.15) is 26.3 Å².